The summed E-state index contributed by atoms with van der Waals surface area (Å²) in [6.45, 7) is 7.25. The van der Waals surface area contributed by atoms with E-state index in [-0.39, 0.29) is 30.8 Å². The standard InChI is InChI=1S/C27H32N2O5S/c1-17(2)20-15-23(34-25(16-20)33-13-12-32-11-10-30)26(31)28-21-7-5-19(6-8-21)27-29-22-9-4-18(3)14-24(22)35-27/h4-9,14-15,17,20,25,30H,10-13,16H2,1-3H3,(H,28,31). The molecule has 0 spiro atoms. The number of nitrogens with zero attached hydrogens (tertiary/aromatic N) is 1. The summed E-state index contributed by atoms with van der Waals surface area (Å²) in [6, 6.07) is 13.9. The summed E-state index contributed by atoms with van der Waals surface area (Å²) in [7, 11) is 0. The maximum Gasteiger partial charge on any atom is 0.290 e. The first-order chi connectivity index (χ1) is 16.9. The smallest absolute Gasteiger partial charge is 0.290 e. The lowest BCUT2D eigenvalue weighted by Gasteiger charge is -2.30. The minimum absolute atomic E-state index is 0.0241. The molecule has 0 fully saturated rings. The van der Waals surface area contributed by atoms with Gasteiger partial charge in [-0.2, -0.15) is 0 Å². The molecule has 0 bridgehead atoms. The van der Waals surface area contributed by atoms with Crippen LogP contribution >= 0.6 is 11.3 Å². The van der Waals surface area contributed by atoms with Gasteiger partial charge in [0.1, 0.15) is 5.01 Å². The van der Waals surface area contributed by atoms with Gasteiger partial charge < -0.3 is 24.6 Å². The molecule has 1 aliphatic heterocycles. The predicted molar refractivity (Wildman–Crippen MR) is 138 cm³/mol. The van der Waals surface area contributed by atoms with E-state index in [0.717, 1.165) is 20.8 Å². The van der Waals surface area contributed by atoms with Gasteiger partial charge in [-0.3, -0.25) is 4.79 Å². The monoisotopic (exact) mass is 496 g/mol. The highest BCUT2D eigenvalue weighted by Crippen LogP contribution is 2.32. The van der Waals surface area contributed by atoms with Gasteiger partial charge >= 0.3 is 0 Å². The number of aromatic nitrogens is 1. The summed E-state index contributed by atoms with van der Waals surface area (Å²) in [6.07, 6.45) is 2.04. The van der Waals surface area contributed by atoms with E-state index >= 15 is 0 Å². The highest BCUT2D eigenvalue weighted by Gasteiger charge is 2.29. The van der Waals surface area contributed by atoms with Crippen molar-refractivity contribution >= 4 is 33.1 Å². The Hall–Kier alpha value is -2.78. The van der Waals surface area contributed by atoms with Gasteiger partial charge in [0.25, 0.3) is 5.91 Å². The van der Waals surface area contributed by atoms with Crippen LogP contribution in [-0.4, -0.2) is 48.7 Å². The van der Waals surface area contributed by atoms with Gasteiger partial charge in [0.2, 0.25) is 6.29 Å². The van der Waals surface area contributed by atoms with Gasteiger partial charge in [0.15, 0.2) is 5.76 Å². The highest BCUT2D eigenvalue weighted by atomic mass is 32.1. The Morgan fingerprint density at radius 3 is 2.74 bits per heavy atom. The lowest BCUT2D eigenvalue weighted by molar-refractivity contribution is -0.153. The second-order valence-corrected chi connectivity index (χ2v) is 9.98. The summed E-state index contributed by atoms with van der Waals surface area (Å²) in [5.41, 5.74) is 3.90. The Morgan fingerprint density at radius 1 is 1.20 bits per heavy atom. The number of aryl methyl sites for hydroxylation is 1. The number of allylic oxidation sites excluding steroid dienone is 1. The van der Waals surface area contributed by atoms with Crippen molar-refractivity contribution in [2.24, 2.45) is 11.8 Å². The quantitative estimate of drug-likeness (QED) is 0.378. The Morgan fingerprint density at radius 2 is 2.00 bits per heavy atom. The number of carbonyl (C=O) groups is 1. The number of fused-ring (bicyclic) bond motifs is 1. The third-order valence-electron chi connectivity index (χ3n) is 5.87. The molecular weight excluding hydrogens is 464 g/mol. The molecular formula is C27H32N2O5S. The van der Waals surface area contributed by atoms with Crippen molar-refractivity contribution in [2.75, 3.05) is 31.7 Å². The average molecular weight is 497 g/mol. The van der Waals surface area contributed by atoms with E-state index in [0.29, 0.717) is 31.2 Å². The maximum atomic E-state index is 13.0. The van der Waals surface area contributed by atoms with Crippen LogP contribution in [0.5, 0.6) is 0 Å². The molecule has 35 heavy (non-hydrogen) atoms. The molecule has 0 saturated heterocycles. The molecule has 8 heteroatoms. The molecule has 1 aliphatic rings. The van der Waals surface area contributed by atoms with E-state index in [2.05, 4.69) is 38.2 Å². The Bertz CT molecular complexity index is 1170. The van der Waals surface area contributed by atoms with E-state index in [1.165, 1.54) is 5.56 Å². The predicted octanol–water partition coefficient (Wildman–Crippen LogP) is 5.14. The number of rotatable bonds is 10. The van der Waals surface area contributed by atoms with Gasteiger partial charge in [-0.1, -0.05) is 19.9 Å². The van der Waals surface area contributed by atoms with Crippen LogP contribution in [0.3, 0.4) is 0 Å². The van der Waals surface area contributed by atoms with Crippen LogP contribution in [0.15, 0.2) is 54.3 Å². The van der Waals surface area contributed by atoms with Crippen LogP contribution in [0, 0.1) is 18.8 Å². The minimum atomic E-state index is -0.518. The van der Waals surface area contributed by atoms with E-state index in [1.54, 1.807) is 11.3 Å². The van der Waals surface area contributed by atoms with Crippen molar-refractivity contribution in [2.45, 2.75) is 33.5 Å². The van der Waals surface area contributed by atoms with E-state index in [9.17, 15) is 4.79 Å². The van der Waals surface area contributed by atoms with Crippen LogP contribution in [0.2, 0.25) is 0 Å². The van der Waals surface area contributed by atoms with Gasteiger partial charge in [-0.25, -0.2) is 4.98 Å². The Balaban J connectivity index is 1.39. The fraction of sp³-hybridized carbons (Fsp3) is 0.407. The molecule has 0 saturated carbocycles. The zero-order chi connectivity index (χ0) is 24.8. The molecule has 7 nitrogen and oxygen atoms in total. The average Bonchev–Trinajstić information content (AvgIpc) is 3.27. The maximum absolute atomic E-state index is 13.0. The highest BCUT2D eigenvalue weighted by molar-refractivity contribution is 7.21. The first-order valence-electron chi connectivity index (χ1n) is 11.9. The molecule has 0 aliphatic carbocycles. The van der Waals surface area contributed by atoms with Gasteiger partial charge in [0.05, 0.1) is 36.6 Å². The zero-order valence-corrected chi connectivity index (χ0v) is 21.1. The molecule has 0 radical (unpaired) electrons. The van der Waals surface area contributed by atoms with Crippen LogP contribution in [-0.2, 0) is 19.0 Å². The second-order valence-electron chi connectivity index (χ2n) is 8.95. The molecule has 4 rings (SSSR count). The molecule has 1 amide bonds. The lowest BCUT2D eigenvalue weighted by Crippen LogP contribution is -2.32. The third kappa shape index (κ3) is 6.67. The van der Waals surface area contributed by atoms with Crippen LogP contribution in [0.1, 0.15) is 25.8 Å². The molecule has 2 aromatic carbocycles. The number of hydrogen-bond donors (Lipinski definition) is 2. The fourth-order valence-electron chi connectivity index (χ4n) is 3.86. The SMILES string of the molecule is Cc1ccc2nc(-c3ccc(NC(=O)C4=CC(C(C)C)CC(OCCOCCO)O4)cc3)sc2c1. The summed E-state index contributed by atoms with van der Waals surface area (Å²) in [5, 5.41) is 12.7. The van der Waals surface area contributed by atoms with Crippen LogP contribution in [0.25, 0.3) is 20.8 Å². The number of aliphatic hydroxyl groups is 1. The number of thiazole rings is 1. The second kappa shape index (κ2) is 11.8. The number of benzene rings is 2. The number of aliphatic hydroxyl groups excluding tert-OH is 1. The number of amides is 1. The molecule has 3 aromatic rings. The van der Waals surface area contributed by atoms with E-state index < -0.39 is 6.29 Å². The topological polar surface area (TPSA) is 89.9 Å². The summed E-state index contributed by atoms with van der Waals surface area (Å²) in [5.74, 6) is 0.471. The Kier molecular flexibility index (Phi) is 8.51. The normalized spacial score (nSPS) is 17.9. The number of nitrogens with one attached hydrogen (secondary N) is 1. The van der Waals surface area contributed by atoms with Crippen molar-refractivity contribution in [3.8, 4) is 10.6 Å². The van der Waals surface area contributed by atoms with Gasteiger partial charge in [0, 0.05) is 17.7 Å². The molecule has 1 aromatic heterocycles. The van der Waals surface area contributed by atoms with Gasteiger partial charge in [-0.15, -0.1) is 11.3 Å². The molecule has 2 unspecified atom stereocenters. The van der Waals surface area contributed by atoms with Crippen molar-refractivity contribution in [3.05, 3.63) is 59.9 Å². The van der Waals surface area contributed by atoms with Crippen LogP contribution in [0.4, 0.5) is 5.69 Å². The Labute approximate surface area is 209 Å². The number of carbonyl (C=O) groups excluding carboxylic acids is 1. The van der Waals surface area contributed by atoms with Crippen molar-refractivity contribution in [3.63, 3.8) is 0 Å². The largest absolute Gasteiger partial charge is 0.459 e. The number of ether oxygens (including phenoxy) is 3. The number of hydrogen-bond acceptors (Lipinski definition) is 7. The minimum Gasteiger partial charge on any atom is -0.459 e. The van der Waals surface area contributed by atoms with Crippen molar-refractivity contribution < 1.29 is 24.1 Å². The summed E-state index contributed by atoms with van der Waals surface area (Å²) >= 11 is 1.66. The molecule has 186 valence electrons. The number of anilines is 1. The zero-order valence-electron chi connectivity index (χ0n) is 20.3. The summed E-state index contributed by atoms with van der Waals surface area (Å²) in [4.78, 5) is 17.7. The molecule has 2 atom stereocenters. The van der Waals surface area contributed by atoms with E-state index in [4.69, 9.17) is 24.3 Å². The van der Waals surface area contributed by atoms with Crippen molar-refractivity contribution in [1.82, 2.24) is 4.98 Å². The van der Waals surface area contributed by atoms with Gasteiger partial charge in [-0.05, 0) is 66.8 Å². The first kappa shape index (κ1) is 25.3. The van der Waals surface area contributed by atoms with Crippen molar-refractivity contribution in [1.29, 1.82) is 0 Å². The molecule has 2 heterocycles. The lowest BCUT2D eigenvalue weighted by atomic mass is 9.90. The third-order valence-corrected chi connectivity index (χ3v) is 6.94. The fourth-order valence-corrected chi connectivity index (χ4v) is 4.93. The molecule has 2 N–H and O–H groups in total. The van der Waals surface area contributed by atoms with Crippen LogP contribution < -0.4 is 5.32 Å². The first-order valence-corrected chi connectivity index (χ1v) is 12.7. The summed E-state index contributed by atoms with van der Waals surface area (Å²) < 4.78 is 18.0. The van der Waals surface area contributed by atoms with E-state index in [1.807, 2.05) is 36.4 Å².